The molecule has 2 nitrogen and oxygen atoms in total. The maximum absolute atomic E-state index is 13.2. The molecule has 2 rings (SSSR count). The van der Waals surface area contributed by atoms with Gasteiger partial charge in [0.1, 0.15) is 5.82 Å². The zero-order valence-electron chi connectivity index (χ0n) is 7.69. The third-order valence-electron chi connectivity index (χ3n) is 2.40. The lowest BCUT2D eigenvalue weighted by Crippen LogP contribution is -2.42. The number of hydrogen-bond donors (Lipinski definition) is 2. The second-order valence-corrected chi connectivity index (χ2v) is 3.73. The van der Waals surface area contributed by atoms with Gasteiger partial charge in [0.2, 0.25) is 0 Å². The molecule has 4 heteroatoms. The van der Waals surface area contributed by atoms with Crippen LogP contribution in [0.1, 0.15) is 11.6 Å². The molecule has 1 aromatic rings. The summed E-state index contributed by atoms with van der Waals surface area (Å²) < 4.78 is 13.2. The average molecular weight is 215 g/mol. The van der Waals surface area contributed by atoms with E-state index in [2.05, 4.69) is 10.6 Å². The van der Waals surface area contributed by atoms with E-state index in [9.17, 15) is 4.39 Å². The van der Waals surface area contributed by atoms with Crippen LogP contribution < -0.4 is 10.6 Å². The summed E-state index contributed by atoms with van der Waals surface area (Å²) in [5.41, 5.74) is 0.832. The van der Waals surface area contributed by atoms with E-state index in [1.54, 1.807) is 6.07 Å². The molecule has 0 amide bonds. The summed E-state index contributed by atoms with van der Waals surface area (Å²) in [6.45, 7) is 2.63. The number of rotatable bonds is 1. The molecule has 14 heavy (non-hydrogen) atoms. The topological polar surface area (TPSA) is 24.1 Å². The fourth-order valence-corrected chi connectivity index (χ4v) is 1.92. The van der Waals surface area contributed by atoms with Gasteiger partial charge in [-0.25, -0.2) is 4.39 Å². The maximum atomic E-state index is 13.2. The predicted molar refractivity (Wildman–Crippen MR) is 55.0 cm³/mol. The maximum Gasteiger partial charge on any atom is 0.142 e. The van der Waals surface area contributed by atoms with E-state index in [-0.39, 0.29) is 16.9 Å². The quantitative estimate of drug-likeness (QED) is 0.744. The van der Waals surface area contributed by atoms with Gasteiger partial charge in [-0.05, 0) is 11.6 Å². The van der Waals surface area contributed by atoms with Crippen LogP contribution in [0.2, 0.25) is 5.02 Å². The van der Waals surface area contributed by atoms with Gasteiger partial charge in [0.15, 0.2) is 0 Å². The minimum atomic E-state index is -0.350. The first-order valence-corrected chi connectivity index (χ1v) is 5.05. The summed E-state index contributed by atoms with van der Waals surface area (Å²) in [4.78, 5) is 0. The molecule has 1 saturated heterocycles. The Labute approximate surface area is 87.5 Å². The standard InChI is InChI=1S/C10H12ClFN2/c11-10-7(2-1-3-8(10)12)9-6-13-4-5-14-9/h1-3,9,13-14H,4-6H2/t9-/m0/s1. The summed E-state index contributed by atoms with van der Waals surface area (Å²) >= 11 is 5.88. The highest BCUT2D eigenvalue weighted by Crippen LogP contribution is 2.25. The van der Waals surface area contributed by atoms with E-state index in [0.29, 0.717) is 0 Å². The van der Waals surface area contributed by atoms with Crippen LogP contribution in [-0.4, -0.2) is 19.6 Å². The van der Waals surface area contributed by atoms with Crippen molar-refractivity contribution in [1.82, 2.24) is 10.6 Å². The fourth-order valence-electron chi connectivity index (χ4n) is 1.66. The molecule has 76 valence electrons. The Kier molecular flexibility index (Phi) is 3.01. The lowest BCUT2D eigenvalue weighted by molar-refractivity contribution is 0.429. The molecule has 1 aliphatic rings. The number of nitrogens with one attached hydrogen (secondary N) is 2. The summed E-state index contributed by atoms with van der Waals surface area (Å²) in [6.07, 6.45) is 0. The van der Waals surface area contributed by atoms with Crippen molar-refractivity contribution in [3.8, 4) is 0 Å². The first kappa shape index (κ1) is 9.90. The highest BCUT2D eigenvalue weighted by atomic mass is 35.5. The molecule has 0 aliphatic carbocycles. The average Bonchev–Trinajstić information content (AvgIpc) is 2.23. The van der Waals surface area contributed by atoms with E-state index >= 15 is 0 Å². The smallest absolute Gasteiger partial charge is 0.142 e. The Morgan fingerprint density at radius 2 is 2.21 bits per heavy atom. The van der Waals surface area contributed by atoms with Crippen LogP contribution in [0.3, 0.4) is 0 Å². The lowest BCUT2D eigenvalue weighted by atomic mass is 10.1. The third kappa shape index (κ3) is 1.90. The predicted octanol–water partition coefficient (Wildman–Crippen LogP) is 1.71. The number of benzene rings is 1. The molecule has 1 aromatic carbocycles. The fraction of sp³-hybridized carbons (Fsp3) is 0.400. The molecule has 1 fully saturated rings. The van der Waals surface area contributed by atoms with Crippen molar-refractivity contribution < 1.29 is 4.39 Å². The highest BCUT2D eigenvalue weighted by molar-refractivity contribution is 6.31. The zero-order chi connectivity index (χ0) is 9.97. The minimum absolute atomic E-state index is 0.118. The van der Waals surface area contributed by atoms with Crippen molar-refractivity contribution in [3.63, 3.8) is 0 Å². The molecule has 0 radical (unpaired) electrons. The van der Waals surface area contributed by atoms with Gasteiger partial charge in [-0.15, -0.1) is 0 Å². The summed E-state index contributed by atoms with van der Waals surface area (Å²) in [6, 6.07) is 5.04. The van der Waals surface area contributed by atoms with Crippen molar-refractivity contribution in [3.05, 3.63) is 34.6 Å². The molecule has 1 heterocycles. The molecular formula is C10H12ClFN2. The SMILES string of the molecule is Fc1cccc([C@@H]2CNCCN2)c1Cl. The largest absolute Gasteiger partial charge is 0.314 e. The van der Waals surface area contributed by atoms with Gasteiger partial charge in [-0.1, -0.05) is 23.7 Å². The second kappa shape index (κ2) is 4.26. The Hall–Kier alpha value is -0.640. The molecule has 0 spiro atoms. The van der Waals surface area contributed by atoms with Gasteiger partial charge in [0.25, 0.3) is 0 Å². The van der Waals surface area contributed by atoms with E-state index < -0.39 is 0 Å². The first-order valence-electron chi connectivity index (χ1n) is 4.67. The van der Waals surface area contributed by atoms with Crippen molar-refractivity contribution in [1.29, 1.82) is 0 Å². The molecule has 0 unspecified atom stereocenters. The van der Waals surface area contributed by atoms with Crippen LogP contribution in [0.15, 0.2) is 18.2 Å². The number of hydrogen-bond acceptors (Lipinski definition) is 2. The van der Waals surface area contributed by atoms with Gasteiger partial charge < -0.3 is 10.6 Å². The summed E-state index contributed by atoms with van der Waals surface area (Å²) in [5.74, 6) is -0.350. The van der Waals surface area contributed by atoms with Crippen LogP contribution in [-0.2, 0) is 0 Å². The Balaban J connectivity index is 2.26. The molecule has 2 N–H and O–H groups in total. The van der Waals surface area contributed by atoms with Crippen LogP contribution in [0.25, 0.3) is 0 Å². The van der Waals surface area contributed by atoms with E-state index in [0.717, 1.165) is 25.2 Å². The molecule has 1 atom stereocenters. The number of piperazine rings is 1. The number of halogens is 2. The molecule has 0 bridgehead atoms. The molecular weight excluding hydrogens is 203 g/mol. The highest BCUT2D eigenvalue weighted by Gasteiger charge is 2.18. The van der Waals surface area contributed by atoms with Gasteiger partial charge >= 0.3 is 0 Å². The van der Waals surface area contributed by atoms with Crippen LogP contribution in [0.5, 0.6) is 0 Å². The normalized spacial score (nSPS) is 22.3. The van der Waals surface area contributed by atoms with E-state index in [1.165, 1.54) is 6.07 Å². The van der Waals surface area contributed by atoms with Crippen molar-refractivity contribution in [2.75, 3.05) is 19.6 Å². The van der Waals surface area contributed by atoms with Gasteiger partial charge in [-0.2, -0.15) is 0 Å². The lowest BCUT2D eigenvalue weighted by Gasteiger charge is -2.25. The van der Waals surface area contributed by atoms with Crippen LogP contribution in [0, 0.1) is 5.82 Å². The van der Waals surface area contributed by atoms with Gasteiger partial charge in [-0.3, -0.25) is 0 Å². The molecule has 0 aromatic heterocycles. The van der Waals surface area contributed by atoms with Gasteiger partial charge in [0.05, 0.1) is 5.02 Å². The van der Waals surface area contributed by atoms with Gasteiger partial charge in [0, 0.05) is 25.7 Å². The minimum Gasteiger partial charge on any atom is -0.314 e. The second-order valence-electron chi connectivity index (χ2n) is 3.35. The van der Waals surface area contributed by atoms with Crippen molar-refractivity contribution >= 4 is 11.6 Å². The van der Waals surface area contributed by atoms with E-state index in [1.807, 2.05) is 6.07 Å². The molecule has 1 aliphatic heterocycles. The van der Waals surface area contributed by atoms with Crippen LogP contribution in [0.4, 0.5) is 4.39 Å². The molecule has 0 saturated carbocycles. The van der Waals surface area contributed by atoms with Crippen LogP contribution >= 0.6 is 11.6 Å². The monoisotopic (exact) mass is 214 g/mol. The van der Waals surface area contributed by atoms with Crippen molar-refractivity contribution in [2.45, 2.75) is 6.04 Å². The third-order valence-corrected chi connectivity index (χ3v) is 2.80. The summed E-state index contributed by atoms with van der Waals surface area (Å²) in [5, 5.41) is 6.76. The first-order chi connectivity index (χ1) is 6.79. The Morgan fingerprint density at radius 1 is 1.36 bits per heavy atom. The Morgan fingerprint density at radius 3 is 2.93 bits per heavy atom. The van der Waals surface area contributed by atoms with Crippen molar-refractivity contribution in [2.24, 2.45) is 0 Å². The zero-order valence-corrected chi connectivity index (χ0v) is 8.44. The van der Waals surface area contributed by atoms with E-state index in [4.69, 9.17) is 11.6 Å². The summed E-state index contributed by atoms with van der Waals surface area (Å²) in [7, 11) is 0. The Bertz CT molecular complexity index is 324.